The van der Waals surface area contributed by atoms with Crippen LogP contribution < -0.4 is 10.6 Å². The molecule has 1 heterocycles. The van der Waals surface area contributed by atoms with Crippen molar-refractivity contribution < 1.29 is 28.6 Å². The van der Waals surface area contributed by atoms with Crippen molar-refractivity contribution in [3.8, 4) is 11.1 Å². The van der Waals surface area contributed by atoms with Gasteiger partial charge in [-0.25, -0.2) is 9.59 Å². The minimum absolute atomic E-state index is 0.0363. The van der Waals surface area contributed by atoms with Gasteiger partial charge in [-0.1, -0.05) is 48.5 Å². The normalized spacial score (nSPS) is 13.0. The number of hydrogen-bond acceptors (Lipinski definition) is 5. The topological polar surface area (TPSA) is 118 Å². The third-order valence-electron chi connectivity index (χ3n) is 5.53. The number of carbonyl (C=O) groups excluding carboxylic acids is 2. The Bertz CT molecular complexity index is 1140. The first-order chi connectivity index (χ1) is 15.9. The Morgan fingerprint density at radius 2 is 1.64 bits per heavy atom. The molecule has 1 atom stereocenters. The van der Waals surface area contributed by atoms with Crippen LogP contribution in [-0.4, -0.2) is 35.7 Å². The maximum atomic E-state index is 12.3. The summed E-state index contributed by atoms with van der Waals surface area (Å²) in [7, 11) is 0. The summed E-state index contributed by atoms with van der Waals surface area (Å²) < 4.78 is 10.6. The molecule has 0 saturated heterocycles. The van der Waals surface area contributed by atoms with Crippen LogP contribution in [0, 0.1) is 0 Å². The zero-order chi connectivity index (χ0) is 23.4. The van der Waals surface area contributed by atoms with Crippen LogP contribution in [0.1, 0.15) is 46.7 Å². The van der Waals surface area contributed by atoms with E-state index in [1.165, 1.54) is 12.1 Å². The molecule has 1 aromatic heterocycles. The van der Waals surface area contributed by atoms with Crippen molar-refractivity contribution in [2.24, 2.45) is 0 Å². The first-order valence-corrected chi connectivity index (χ1v) is 10.6. The molecule has 1 aliphatic rings. The number of amides is 2. The molecule has 0 fully saturated rings. The van der Waals surface area contributed by atoms with E-state index < -0.39 is 18.1 Å². The number of aromatic carboxylic acids is 1. The molecule has 0 aliphatic heterocycles. The molecule has 4 rings (SSSR count). The predicted octanol–water partition coefficient (Wildman–Crippen LogP) is 3.91. The number of fused-ring (bicyclic) bond motifs is 3. The van der Waals surface area contributed by atoms with Crippen LogP contribution in [0.15, 0.2) is 65.1 Å². The standard InChI is InChI=1S/C25H24N2O6/c1-15(12-23(28)26-13-16-10-11-22(33-16)24(29)30)27-25(31)32-14-21-19-8-4-2-6-17(19)18-7-3-5-9-20(18)21/h2-11,15,21H,12-14H2,1H3,(H,26,28)(H,27,31)(H,29,30)/t15-/m1/s1. The van der Waals surface area contributed by atoms with Gasteiger partial charge in [0.15, 0.2) is 0 Å². The summed E-state index contributed by atoms with van der Waals surface area (Å²) in [6.45, 7) is 1.96. The Morgan fingerprint density at radius 1 is 1.00 bits per heavy atom. The van der Waals surface area contributed by atoms with Crippen molar-refractivity contribution in [1.29, 1.82) is 0 Å². The number of alkyl carbamates (subject to hydrolysis) is 1. The smallest absolute Gasteiger partial charge is 0.407 e. The minimum atomic E-state index is -1.17. The summed E-state index contributed by atoms with van der Waals surface area (Å²) in [6, 6.07) is 18.5. The molecule has 2 amide bonds. The number of carbonyl (C=O) groups is 3. The van der Waals surface area contributed by atoms with Gasteiger partial charge in [-0.15, -0.1) is 0 Å². The van der Waals surface area contributed by atoms with Gasteiger partial charge in [0.05, 0.1) is 6.54 Å². The highest BCUT2D eigenvalue weighted by molar-refractivity contribution is 5.84. The Morgan fingerprint density at radius 3 is 2.24 bits per heavy atom. The maximum absolute atomic E-state index is 12.3. The van der Waals surface area contributed by atoms with Crippen LogP contribution in [0.2, 0.25) is 0 Å². The van der Waals surface area contributed by atoms with Crippen molar-refractivity contribution in [1.82, 2.24) is 10.6 Å². The van der Waals surface area contributed by atoms with E-state index in [4.69, 9.17) is 14.3 Å². The predicted molar refractivity (Wildman–Crippen MR) is 120 cm³/mol. The highest BCUT2D eigenvalue weighted by atomic mass is 16.5. The Hall–Kier alpha value is -4.07. The molecule has 0 radical (unpaired) electrons. The number of nitrogens with one attached hydrogen (secondary N) is 2. The molecule has 0 unspecified atom stereocenters. The van der Waals surface area contributed by atoms with E-state index in [9.17, 15) is 14.4 Å². The Labute approximate surface area is 190 Å². The van der Waals surface area contributed by atoms with E-state index in [1.807, 2.05) is 36.4 Å². The van der Waals surface area contributed by atoms with Crippen LogP contribution in [0.4, 0.5) is 4.79 Å². The van der Waals surface area contributed by atoms with Crippen LogP contribution in [0.25, 0.3) is 11.1 Å². The second kappa shape index (κ2) is 9.60. The number of ether oxygens (including phenoxy) is 1. The lowest BCUT2D eigenvalue weighted by Crippen LogP contribution is -2.37. The molecule has 170 valence electrons. The zero-order valence-corrected chi connectivity index (χ0v) is 18.0. The molecule has 33 heavy (non-hydrogen) atoms. The third kappa shape index (κ3) is 5.06. The minimum Gasteiger partial charge on any atom is -0.475 e. The van der Waals surface area contributed by atoms with Gasteiger partial charge >= 0.3 is 12.1 Å². The summed E-state index contributed by atoms with van der Waals surface area (Å²) in [4.78, 5) is 35.3. The molecule has 2 aromatic carbocycles. The molecule has 3 N–H and O–H groups in total. The number of rotatable bonds is 8. The Kier molecular flexibility index (Phi) is 6.44. The van der Waals surface area contributed by atoms with Crippen LogP contribution >= 0.6 is 0 Å². The quantitative estimate of drug-likeness (QED) is 0.481. The van der Waals surface area contributed by atoms with Gasteiger partial charge in [-0.05, 0) is 41.3 Å². The van der Waals surface area contributed by atoms with Gasteiger partial charge in [0.1, 0.15) is 12.4 Å². The van der Waals surface area contributed by atoms with E-state index >= 15 is 0 Å². The number of furan rings is 1. The van der Waals surface area contributed by atoms with Crippen molar-refractivity contribution in [3.05, 3.63) is 83.3 Å². The molecule has 0 bridgehead atoms. The highest BCUT2D eigenvalue weighted by Crippen LogP contribution is 2.44. The average Bonchev–Trinajstić information content (AvgIpc) is 3.39. The monoisotopic (exact) mass is 448 g/mol. The largest absolute Gasteiger partial charge is 0.475 e. The van der Waals surface area contributed by atoms with Crippen LogP contribution in [0.3, 0.4) is 0 Å². The fourth-order valence-electron chi connectivity index (χ4n) is 4.02. The molecule has 1 aliphatic carbocycles. The number of benzene rings is 2. The average molecular weight is 448 g/mol. The second-order valence-corrected chi connectivity index (χ2v) is 7.92. The summed E-state index contributed by atoms with van der Waals surface area (Å²) in [5.41, 5.74) is 4.56. The summed E-state index contributed by atoms with van der Waals surface area (Å²) >= 11 is 0. The number of carboxylic acid groups (broad SMARTS) is 1. The van der Waals surface area contributed by atoms with Gasteiger partial charge in [0, 0.05) is 18.4 Å². The maximum Gasteiger partial charge on any atom is 0.407 e. The summed E-state index contributed by atoms with van der Waals surface area (Å²) in [5.74, 6) is -1.38. The van der Waals surface area contributed by atoms with E-state index in [1.54, 1.807) is 6.92 Å². The fraction of sp³-hybridized carbons (Fsp3) is 0.240. The third-order valence-corrected chi connectivity index (χ3v) is 5.53. The lowest BCUT2D eigenvalue weighted by Gasteiger charge is -2.17. The SMILES string of the molecule is C[C@H](CC(=O)NCc1ccc(C(=O)O)o1)NC(=O)OCC1c2ccccc2-c2ccccc21. The number of carboxylic acids is 1. The number of hydrogen-bond donors (Lipinski definition) is 3. The molecular weight excluding hydrogens is 424 g/mol. The summed E-state index contributed by atoms with van der Waals surface area (Å²) in [5, 5.41) is 14.2. The lowest BCUT2D eigenvalue weighted by molar-refractivity contribution is -0.121. The van der Waals surface area contributed by atoms with Gasteiger partial charge < -0.3 is 24.9 Å². The van der Waals surface area contributed by atoms with Crippen molar-refractivity contribution >= 4 is 18.0 Å². The first-order valence-electron chi connectivity index (χ1n) is 10.6. The molecule has 8 heteroatoms. The van der Waals surface area contributed by atoms with Crippen LogP contribution in [-0.2, 0) is 16.1 Å². The molecule has 0 saturated carbocycles. The fourth-order valence-corrected chi connectivity index (χ4v) is 4.02. The van der Waals surface area contributed by atoms with Crippen molar-refractivity contribution in [2.75, 3.05) is 6.61 Å². The molecule has 8 nitrogen and oxygen atoms in total. The van der Waals surface area contributed by atoms with Crippen LogP contribution in [0.5, 0.6) is 0 Å². The zero-order valence-electron chi connectivity index (χ0n) is 18.0. The van der Waals surface area contributed by atoms with Gasteiger partial charge in [-0.3, -0.25) is 4.79 Å². The van der Waals surface area contributed by atoms with Gasteiger partial charge in [-0.2, -0.15) is 0 Å². The van der Waals surface area contributed by atoms with E-state index in [2.05, 4.69) is 22.8 Å². The van der Waals surface area contributed by atoms with Crippen molar-refractivity contribution in [3.63, 3.8) is 0 Å². The first kappa shape index (κ1) is 22.1. The lowest BCUT2D eigenvalue weighted by atomic mass is 9.98. The summed E-state index contributed by atoms with van der Waals surface area (Å²) in [6.07, 6.45) is -0.550. The highest BCUT2D eigenvalue weighted by Gasteiger charge is 2.29. The van der Waals surface area contributed by atoms with Gasteiger partial charge in [0.2, 0.25) is 11.7 Å². The molecular formula is C25H24N2O6. The molecule has 3 aromatic rings. The van der Waals surface area contributed by atoms with E-state index in [-0.39, 0.29) is 37.2 Å². The van der Waals surface area contributed by atoms with Crippen molar-refractivity contribution in [2.45, 2.75) is 31.8 Å². The van der Waals surface area contributed by atoms with E-state index in [0.717, 1.165) is 22.3 Å². The second-order valence-electron chi connectivity index (χ2n) is 7.92. The van der Waals surface area contributed by atoms with Gasteiger partial charge in [0.25, 0.3) is 0 Å². The van der Waals surface area contributed by atoms with E-state index in [0.29, 0.717) is 5.76 Å². The molecule has 0 spiro atoms. The Balaban J connectivity index is 1.25.